The zero-order valence-electron chi connectivity index (χ0n) is 50.3. The van der Waals surface area contributed by atoms with Crippen LogP contribution in [0, 0.1) is 0 Å². The second-order valence-corrected chi connectivity index (χ2v) is 26.2. The second-order valence-electron chi connectivity index (χ2n) is 26.2. The van der Waals surface area contributed by atoms with E-state index in [-0.39, 0.29) is 5.41 Å². The molecule has 0 saturated heterocycles. The molecule has 5 nitrogen and oxygen atoms in total. The molecular formula is C87H52N4O. The van der Waals surface area contributed by atoms with Crippen molar-refractivity contribution in [2.75, 3.05) is 0 Å². The van der Waals surface area contributed by atoms with Crippen LogP contribution in [0.4, 0.5) is 0 Å². The highest BCUT2D eigenvalue weighted by Gasteiger charge is 2.38. The maximum atomic E-state index is 6.86. The number of hydrogen-bond acceptors (Lipinski definition) is 1. The molecule has 0 radical (unpaired) electrons. The van der Waals surface area contributed by atoms with Crippen LogP contribution < -0.4 is 0 Å². The summed E-state index contributed by atoms with van der Waals surface area (Å²) in [7, 11) is 0. The Kier molecular flexibility index (Phi) is 9.20. The Morgan fingerprint density at radius 2 is 0.587 bits per heavy atom. The van der Waals surface area contributed by atoms with Crippen molar-refractivity contribution in [2.24, 2.45) is 0 Å². The number of benzene rings is 14. The topological polar surface area (TPSA) is 30.8 Å². The summed E-state index contributed by atoms with van der Waals surface area (Å²) in [5.41, 5.74) is 28.2. The summed E-state index contributed by atoms with van der Waals surface area (Å²) in [6.45, 7) is 4.81. The second kappa shape index (κ2) is 17.3. The summed E-state index contributed by atoms with van der Waals surface area (Å²) < 4.78 is 17.0. The van der Waals surface area contributed by atoms with Crippen LogP contribution in [0.5, 0.6) is 0 Å². The first-order valence-corrected chi connectivity index (χ1v) is 32.1. The van der Waals surface area contributed by atoms with Crippen LogP contribution in [0.25, 0.3) is 197 Å². The van der Waals surface area contributed by atoms with Gasteiger partial charge in [-0.2, -0.15) is 0 Å². The van der Waals surface area contributed by atoms with E-state index in [2.05, 4.69) is 311 Å². The lowest BCUT2D eigenvalue weighted by Gasteiger charge is -2.24. The minimum Gasteiger partial charge on any atom is -0.455 e. The van der Waals surface area contributed by atoms with Gasteiger partial charge in [-0.05, 0) is 141 Å². The molecule has 0 bridgehead atoms. The SMILES string of the molecule is CC1(C)c2ccccc2-c2cccc(-c3cc4c5ccccc5n5c6ccccc6n6c7ccc(-c8ccc9c(c8)c8cc(-c%10cccc%11c%10oc%10ccccc%10%11)cc%10c%11cccc%12c%13ccccc%13n(c%13ccccc%13n9c8%10)c%12%11)cc7c7cccc(c(c3)c45)c76)c21. The Labute approximate surface area is 525 Å². The van der Waals surface area contributed by atoms with Crippen LogP contribution in [-0.2, 0) is 5.41 Å². The predicted molar refractivity (Wildman–Crippen MR) is 386 cm³/mol. The standard InChI is InChI=1S/C87H52N4O/c1-87(2)71-31-7-3-19-55(71)59-25-15-23-53(81(59)87)51-45-67-57-21-5-9-33-73(57)89-77-35-11-12-36-78(77)90-74-41-39-49(43-65(74)61-27-18-29-63(83(61)90)68(46-51)84(67)89)50-40-42-75-66(44-50)70-48-52(54-24-16-30-64-58-22-6-14-38-80(58)92-86(54)64)47-69-62-28-17-26-60-56-20-4-8-32-72(56)88(82(60)62)76-34-10-13-37-79(76)91(75)85(69)70/h3-48H,1-2H3. The molecule has 0 unspecified atom stereocenters. The Balaban J connectivity index is 0.838. The Hall–Kier alpha value is -11.9. The molecule has 1 aliphatic rings. The van der Waals surface area contributed by atoms with Gasteiger partial charge in [0.25, 0.3) is 0 Å². The molecular weight excluding hydrogens is 1120 g/mol. The number of furan rings is 1. The van der Waals surface area contributed by atoms with Gasteiger partial charge >= 0.3 is 0 Å². The van der Waals surface area contributed by atoms with Crippen molar-refractivity contribution in [3.8, 4) is 44.5 Å². The van der Waals surface area contributed by atoms with Gasteiger partial charge in [0.15, 0.2) is 0 Å². The van der Waals surface area contributed by atoms with E-state index in [1.807, 2.05) is 0 Å². The van der Waals surface area contributed by atoms with Gasteiger partial charge in [0.05, 0.1) is 66.2 Å². The molecule has 0 fully saturated rings. The molecule has 0 aliphatic heterocycles. The number of fused-ring (bicyclic) bond motifs is 26. The Bertz CT molecular complexity index is 6980. The van der Waals surface area contributed by atoms with E-state index in [1.54, 1.807) is 0 Å². The number of nitrogens with zero attached hydrogens (tertiary/aromatic N) is 4. The molecule has 92 heavy (non-hydrogen) atoms. The van der Waals surface area contributed by atoms with E-state index in [0.717, 1.165) is 71.8 Å². The lowest BCUT2D eigenvalue weighted by molar-refractivity contribution is 0.662. The smallest absolute Gasteiger partial charge is 0.143 e. The summed E-state index contributed by atoms with van der Waals surface area (Å²) in [6.07, 6.45) is 0. The fourth-order valence-electron chi connectivity index (χ4n) is 17.6. The number of aromatic nitrogens is 4. The molecule has 426 valence electrons. The molecule has 0 N–H and O–H groups in total. The van der Waals surface area contributed by atoms with E-state index in [9.17, 15) is 0 Å². The number of para-hydroxylation sites is 10. The van der Waals surface area contributed by atoms with E-state index < -0.39 is 0 Å². The number of hydrogen-bond donors (Lipinski definition) is 0. The van der Waals surface area contributed by atoms with Crippen molar-refractivity contribution in [3.05, 3.63) is 290 Å². The molecule has 0 saturated carbocycles. The summed E-state index contributed by atoms with van der Waals surface area (Å²) in [6, 6.07) is 105. The number of rotatable bonds is 3. The lowest BCUT2D eigenvalue weighted by Crippen LogP contribution is -2.16. The first-order chi connectivity index (χ1) is 45.4. The largest absolute Gasteiger partial charge is 0.455 e. The van der Waals surface area contributed by atoms with Crippen LogP contribution in [0.3, 0.4) is 0 Å². The highest BCUT2D eigenvalue weighted by atomic mass is 16.3. The molecule has 0 atom stereocenters. The highest BCUT2D eigenvalue weighted by molar-refractivity contribution is 6.29. The van der Waals surface area contributed by atoms with Crippen molar-refractivity contribution in [2.45, 2.75) is 19.3 Å². The van der Waals surface area contributed by atoms with Gasteiger partial charge in [-0.1, -0.05) is 202 Å². The van der Waals surface area contributed by atoms with Crippen molar-refractivity contribution < 1.29 is 4.42 Å². The minimum atomic E-state index is -0.184. The third-order valence-corrected chi connectivity index (χ3v) is 21.4. The van der Waals surface area contributed by atoms with Crippen molar-refractivity contribution in [3.63, 3.8) is 0 Å². The quantitative estimate of drug-likeness (QED) is 0.173. The van der Waals surface area contributed by atoms with Crippen molar-refractivity contribution in [1.82, 2.24) is 17.6 Å². The first-order valence-electron chi connectivity index (χ1n) is 32.1. The van der Waals surface area contributed by atoms with Gasteiger partial charge in [0.2, 0.25) is 0 Å². The first kappa shape index (κ1) is 49.0. The Morgan fingerprint density at radius 1 is 0.239 bits per heavy atom. The summed E-state index contributed by atoms with van der Waals surface area (Å²) in [4.78, 5) is 0. The highest BCUT2D eigenvalue weighted by Crippen LogP contribution is 2.54. The third-order valence-electron chi connectivity index (χ3n) is 21.4. The van der Waals surface area contributed by atoms with E-state index in [0.29, 0.717) is 0 Å². The average Bonchev–Trinajstić information content (AvgIpc) is 1.53. The lowest BCUT2D eigenvalue weighted by atomic mass is 9.78. The maximum absolute atomic E-state index is 6.86. The predicted octanol–water partition coefficient (Wildman–Crippen LogP) is 23.4. The van der Waals surface area contributed by atoms with Crippen LogP contribution in [0.2, 0.25) is 0 Å². The monoisotopic (exact) mass is 1170 g/mol. The molecule has 0 spiro atoms. The van der Waals surface area contributed by atoms with Gasteiger partial charge < -0.3 is 22.0 Å². The van der Waals surface area contributed by atoms with Gasteiger partial charge in [-0.25, -0.2) is 0 Å². The van der Waals surface area contributed by atoms with Crippen LogP contribution in [0.15, 0.2) is 283 Å². The molecule has 5 heteroatoms. The zero-order valence-corrected chi connectivity index (χ0v) is 50.3. The summed E-state index contributed by atoms with van der Waals surface area (Å²) in [5.74, 6) is 0. The van der Waals surface area contributed by atoms with Crippen molar-refractivity contribution in [1.29, 1.82) is 0 Å². The summed E-state index contributed by atoms with van der Waals surface area (Å²) >= 11 is 0. The van der Waals surface area contributed by atoms with Gasteiger partial charge in [0, 0.05) is 86.4 Å². The molecule has 1 aliphatic carbocycles. The molecule has 0 amide bonds. The van der Waals surface area contributed by atoms with Crippen molar-refractivity contribution >= 4 is 153 Å². The van der Waals surface area contributed by atoms with E-state index >= 15 is 0 Å². The van der Waals surface area contributed by atoms with Crippen LogP contribution in [-0.4, -0.2) is 17.6 Å². The molecule has 21 aromatic rings. The minimum absolute atomic E-state index is 0.184. The van der Waals surface area contributed by atoms with Gasteiger partial charge in [-0.3, -0.25) is 0 Å². The molecule has 14 aromatic carbocycles. The third kappa shape index (κ3) is 6.09. The Morgan fingerprint density at radius 3 is 1.18 bits per heavy atom. The zero-order chi connectivity index (χ0) is 60.0. The normalized spacial score (nSPS) is 13.4. The fourth-order valence-corrected chi connectivity index (χ4v) is 17.6. The maximum Gasteiger partial charge on any atom is 0.143 e. The molecule has 22 rings (SSSR count). The molecule has 7 aromatic heterocycles. The average molecular weight is 1170 g/mol. The van der Waals surface area contributed by atoms with E-state index in [1.165, 1.54) is 137 Å². The molecule has 7 heterocycles. The fraction of sp³-hybridized carbons (Fsp3) is 0.0345. The summed E-state index contributed by atoms with van der Waals surface area (Å²) in [5, 5.41) is 16.9. The van der Waals surface area contributed by atoms with Gasteiger partial charge in [-0.15, -0.1) is 0 Å². The van der Waals surface area contributed by atoms with Crippen LogP contribution >= 0.6 is 0 Å². The van der Waals surface area contributed by atoms with E-state index in [4.69, 9.17) is 4.42 Å². The van der Waals surface area contributed by atoms with Gasteiger partial charge in [0.1, 0.15) is 11.2 Å². The van der Waals surface area contributed by atoms with Crippen LogP contribution in [0.1, 0.15) is 25.0 Å².